The lowest BCUT2D eigenvalue weighted by molar-refractivity contribution is 0.493. The predicted octanol–water partition coefficient (Wildman–Crippen LogP) is 1.92. The molecule has 0 amide bonds. The Balaban J connectivity index is 2.79. The lowest BCUT2D eigenvalue weighted by Crippen LogP contribution is -2.24. The van der Waals surface area contributed by atoms with E-state index in [1.54, 1.807) is 6.20 Å². The summed E-state index contributed by atoms with van der Waals surface area (Å²) in [6, 6.07) is 0.379. The number of anilines is 2. The zero-order valence-corrected chi connectivity index (χ0v) is 10.4. The molecule has 1 rings (SSSR count). The lowest BCUT2D eigenvalue weighted by Gasteiger charge is -2.21. The fraction of sp³-hybridized carbons (Fsp3) is 0.636. The summed E-state index contributed by atoms with van der Waals surface area (Å²) in [5, 5.41) is 3.39. The van der Waals surface area contributed by atoms with Gasteiger partial charge in [0, 0.05) is 17.8 Å². The van der Waals surface area contributed by atoms with E-state index in [1.807, 2.05) is 6.92 Å². The topological polar surface area (TPSA) is 75.9 Å². The van der Waals surface area contributed by atoms with Crippen molar-refractivity contribution < 1.29 is 0 Å². The Morgan fingerprint density at radius 2 is 2.12 bits per heavy atom. The van der Waals surface area contributed by atoms with E-state index >= 15 is 0 Å². The highest BCUT2D eigenvalue weighted by Crippen LogP contribution is 2.17. The molecule has 0 bridgehead atoms. The van der Waals surface area contributed by atoms with E-state index in [0.29, 0.717) is 17.9 Å². The molecule has 4 N–H and O–H groups in total. The van der Waals surface area contributed by atoms with Gasteiger partial charge in [-0.25, -0.2) is 10.8 Å². The fourth-order valence-electron chi connectivity index (χ4n) is 1.37. The second-order valence-corrected chi connectivity index (χ2v) is 4.19. The van der Waals surface area contributed by atoms with Crippen molar-refractivity contribution in [1.29, 1.82) is 0 Å². The van der Waals surface area contributed by atoms with Crippen LogP contribution in [0.5, 0.6) is 0 Å². The highest BCUT2D eigenvalue weighted by Gasteiger charge is 2.12. The molecule has 16 heavy (non-hydrogen) atoms. The normalized spacial score (nSPS) is 14.3. The average molecular weight is 223 g/mol. The first-order valence-corrected chi connectivity index (χ1v) is 5.65. The molecular weight excluding hydrogens is 202 g/mol. The van der Waals surface area contributed by atoms with Gasteiger partial charge >= 0.3 is 0 Å². The van der Waals surface area contributed by atoms with Gasteiger partial charge in [0.05, 0.1) is 0 Å². The quantitative estimate of drug-likeness (QED) is 0.525. The van der Waals surface area contributed by atoms with Crippen LogP contribution in [0, 0.1) is 12.8 Å². The van der Waals surface area contributed by atoms with Crippen LogP contribution < -0.4 is 16.6 Å². The SMILES string of the molecule is CCC(C)C(C)Nc1nc(NN)ncc1C. The standard InChI is InChI=1S/C11H21N5/c1-5-7(2)9(4)14-10-8(3)6-13-11(15-10)16-12/h6-7,9H,5,12H2,1-4H3,(H2,13,14,15,16). The van der Waals surface area contributed by atoms with Crippen molar-refractivity contribution in [3.8, 4) is 0 Å². The van der Waals surface area contributed by atoms with Crippen LogP contribution in [0.25, 0.3) is 0 Å². The maximum absolute atomic E-state index is 5.28. The number of nitrogens with one attached hydrogen (secondary N) is 2. The van der Waals surface area contributed by atoms with E-state index in [1.165, 1.54) is 0 Å². The van der Waals surface area contributed by atoms with Crippen molar-refractivity contribution in [2.24, 2.45) is 11.8 Å². The van der Waals surface area contributed by atoms with Gasteiger partial charge in [0.2, 0.25) is 5.95 Å². The van der Waals surface area contributed by atoms with Crippen molar-refractivity contribution >= 4 is 11.8 Å². The molecule has 5 heteroatoms. The van der Waals surface area contributed by atoms with Crippen molar-refractivity contribution in [2.75, 3.05) is 10.7 Å². The molecule has 0 aliphatic carbocycles. The molecule has 0 radical (unpaired) electrons. The molecule has 2 unspecified atom stereocenters. The van der Waals surface area contributed by atoms with Gasteiger partial charge in [-0.2, -0.15) is 4.98 Å². The molecule has 0 aliphatic rings. The minimum absolute atomic E-state index is 0.379. The molecule has 0 spiro atoms. The zero-order chi connectivity index (χ0) is 12.1. The second-order valence-electron chi connectivity index (χ2n) is 4.19. The molecule has 0 aromatic carbocycles. The maximum Gasteiger partial charge on any atom is 0.239 e. The first kappa shape index (κ1) is 12.7. The summed E-state index contributed by atoms with van der Waals surface area (Å²) < 4.78 is 0. The summed E-state index contributed by atoms with van der Waals surface area (Å²) >= 11 is 0. The Bertz CT molecular complexity index is 339. The lowest BCUT2D eigenvalue weighted by atomic mass is 10.0. The number of aryl methyl sites for hydroxylation is 1. The van der Waals surface area contributed by atoms with Gasteiger partial charge in [0.1, 0.15) is 5.82 Å². The van der Waals surface area contributed by atoms with Gasteiger partial charge in [-0.1, -0.05) is 20.3 Å². The summed E-state index contributed by atoms with van der Waals surface area (Å²) in [6.07, 6.45) is 2.90. The van der Waals surface area contributed by atoms with Crippen LogP contribution in [0.3, 0.4) is 0 Å². The van der Waals surface area contributed by atoms with Gasteiger partial charge in [0.25, 0.3) is 0 Å². The number of nitrogens with two attached hydrogens (primary N) is 1. The second kappa shape index (κ2) is 5.65. The van der Waals surface area contributed by atoms with Gasteiger partial charge in [-0.05, 0) is 19.8 Å². The summed E-state index contributed by atoms with van der Waals surface area (Å²) in [5.41, 5.74) is 3.47. The van der Waals surface area contributed by atoms with E-state index in [2.05, 4.69) is 41.5 Å². The molecule has 1 aromatic rings. The van der Waals surface area contributed by atoms with Crippen LogP contribution in [0.15, 0.2) is 6.20 Å². The number of aromatic nitrogens is 2. The molecule has 0 saturated carbocycles. The van der Waals surface area contributed by atoms with Gasteiger partial charge in [-0.15, -0.1) is 0 Å². The van der Waals surface area contributed by atoms with Crippen LogP contribution >= 0.6 is 0 Å². The molecule has 0 saturated heterocycles. The van der Waals surface area contributed by atoms with E-state index in [-0.39, 0.29) is 0 Å². The fourth-order valence-corrected chi connectivity index (χ4v) is 1.37. The summed E-state index contributed by atoms with van der Waals surface area (Å²) in [6.45, 7) is 8.54. The Labute approximate surface area is 96.8 Å². The van der Waals surface area contributed by atoms with Gasteiger partial charge in [-0.3, -0.25) is 5.43 Å². The Morgan fingerprint density at radius 1 is 1.44 bits per heavy atom. The predicted molar refractivity (Wildman–Crippen MR) is 67.1 cm³/mol. The molecule has 5 nitrogen and oxygen atoms in total. The van der Waals surface area contributed by atoms with E-state index in [9.17, 15) is 0 Å². The largest absolute Gasteiger partial charge is 0.367 e. The van der Waals surface area contributed by atoms with E-state index < -0.39 is 0 Å². The molecule has 2 atom stereocenters. The Hall–Kier alpha value is -1.36. The van der Waals surface area contributed by atoms with Crippen molar-refractivity contribution in [1.82, 2.24) is 9.97 Å². The minimum Gasteiger partial charge on any atom is -0.367 e. The van der Waals surface area contributed by atoms with Crippen molar-refractivity contribution in [3.05, 3.63) is 11.8 Å². The Morgan fingerprint density at radius 3 is 2.69 bits per heavy atom. The maximum atomic E-state index is 5.28. The molecule has 0 fully saturated rings. The highest BCUT2D eigenvalue weighted by molar-refractivity contribution is 5.46. The van der Waals surface area contributed by atoms with Gasteiger partial charge in [0.15, 0.2) is 0 Å². The number of nitrogens with zero attached hydrogens (tertiary/aromatic N) is 2. The third kappa shape index (κ3) is 3.06. The van der Waals surface area contributed by atoms with Crippen molar-refractivity contribution in [2.45, 2.75) is 40.2 Å². The van der Waals surface area contributed by atoms with Crippen molar-refractivity contribution in [3.63, 3.8) is 0 Å². The number of hydrazine groups is 1. The minimum atomic E-state index is 0.379. The zero-order valence-electron chi connectivity index (χ0n) is 10.4. The first-order chi connectivity index (χ1) is 7.58. The molecule has 1 heterocycles. The molecule has 1 aromatic heterocycles. The summed E-state index contributed by atoms with van der Waals surface area (Å²) in [5.74, 6) is 7.16. The molecular formula is C11H21N5. The molecule has 0 aliphatic heterocycles. The van der Waals surface area contributed by atoms with Crippen LogP contribution in [0.2, 0.25) is 0 Å². The number of rotatable bonds is 5. The summed E-state index contributed by atoms with van der Waals surface area (Å²) in [7, 11) is 0. The molecule has 90 valence electrons. The first-order valence-electron chi connectivity index (χ1n) is 5.65. The number of hydrogen-bond donors (Lipinski definition) is 3. The average Bonchev–Trinajstić information content (AvgIpc) is 2.30. The van der Waals surface area contributed by atoms with Crippen LogP contribution in [-0.2, 0) is 0 Å². The van der Waals surface area contributed by atoms with Crippen LogP contribution in [0.1, 0.15) is 32.8 Å². The smallest absolute Gasteiger partial charge is 0.239 e. The van der Waals surface area contributed by atoms with Crippen LogP contribution in [-0.4, -0.2) is 16.0 Å². The third-order valence-corrected chi connectivity index (χ3v) is 2.96. The third-order valence-electron chi connectivity index (χ3n) is 2.96. The number of hydrogen-bond acceptors (Lipinski definition) is 5. The van der Waals surface area contributed by atoms with Crippen LogP contribution in [0.4, 0.5) is 11.8 Å². The highest BCUT2D eigenvalue weighted by atomic mass is 15.3. The van der Waals surface area contributed by atoms with E-state index in [0.717, 1.165) is 17.8 Å². The Kier molecular flexibility index (Phi) is 4.49. The monoisotopic (exact) mass is 223 g/mol. The van der Waals surface area contributed by atoms with Gasteiger partial charge < -0.3 is 5.32 Å². The van der Waals surface area contributed by atoms with E-state index in [4.69, 9.17) is 5.84 Å². The number of nitrogen functional groups attached to an aromatic ring is 1. The summed E-state index contributed by atoms with van der Waals surface area (Å²) in [4.78, 5) is 8.33.